The van der Waals surface area contributed by atoms with E-state index in [0.717, 1.165) is 24.8 Å². The molecule has 26 heavy (non-hydrogen) atoms. The second-order valence-corrected chi connectivity index (χ2v) is 8.33. The molecular formula is C22H32O4. The summed E-state index contributed by atoms with van der Waals surface area (Å²) in [5, 5.41) is 20.2. The van der Waals surface area contributed by atoms with Crippen LogP contribution in [0.5, 0.6) is 0 Å². The van der Waals surface area contributed by atoms with Gasteiger partial charge in [-0.15, -0.1) is 0 Å². The molecule has 0 aromatic rings. The van der Waals surface area contributed by atoms with E-state index in [2.05, 4.69) is 6.92 Å². The Morgan fingerprint density at radius 1 is 1.27 bits per heavy atom. The van der Waals surface area contributed by atoms with Crippen molar-refractivity contribution in [3.8, 4) is 0 Å². The van der Waals surface area contributed by atoms with Crippen LogP contribution >= 0.6 is 0 Å². The van der Waals surface area contributed by atoms with E-state index in [1.54, 1.807) is 26.0 Å². The minimum Gasteiger partial charge on any atom is -0.478 e. The molecule has 0 saturated heterocycles. The average molecular weight is 360 g/mol. The first kappa shape index (κ1) is 20.6. The topological polar surface area (TPSA) is 74.6 Å². The Morgan fingerprint density at radius 2 is 1.92 bits per heavy atom. The number of allylic oxidation sites excluding steroid dienone is 4. The summed E-state index contributed by atoms with van der Waals surface area (Å²) in [6.07, 6.45) is 10.2. The first-order valence-corrected chi connectivity index (χ1v) is 9.59. The van der Waals surface area contributed by atoms with Gasteiger partial charge in [0.15, 0.2) is 5.78 Å². The second-order valence-electron chi connectivity index (χ2n) is 8.33. The highest BCUT2D eigenvalue weighted by Crippen LogP contribution is 2.52. The van der Waals surface area contributed by atoms with Gasteiger partial charge in [0.25, 0.3) is 0 Å². The van der Waals surface area contributed by atoms with Gasteiger partial charge in [-0.2, -0.15) is 0 Å². The SMILES string of the molecule is CC=C(C)C1C(C=CC=C(C)C(=O)O)C2CCC(C)CC2C(=O)C1(C)O. The molecule has 0 aliphatic heterocycles. The first-order valence-electron chi connectivity index (χ1n) is 9.59. The molecule has 0 spiro atoms. The molecule has 6 unspecified atom stereocenters. The first-order chi connectivity index (χ1) is 12.1. The van der Waals surface area contributed by atoms with Crippen molar-refractivity contribution in [1.82, 2.24) is 0 Å². The molecule has 0 heterocycles. The van der Waals surface area contributed by atoms with Gasteiger partial charge < -0.3 is 10.2 Å². The van der Waals surface area contributed by atoms with Gasteiger partial charge in [0.1, 0.15) is 5.60 Å². The Balaban J connectivity index is 2.46. The van der Waals surface area contributed by atoms with E-state index < -0.39 is 11.6 Å². The van der Waals surface area contributed by atoms with Crippen LogP contribution in [0.25, 0.3) is 0 Å². The molecule has 144 valence electrons. The van der Waals surface area contributed by atoms with E-state index >= 15 is 0 Å². The molecule has 4 nitrogen and oxygen atoms in total. The third kappa shape index (κ3) is 3.85. The number of carboxylic acid groups (broad SMARTS) is 1. The maximum Gasteiger partial charge on any atom is 0.331 e. The highest BCUT2D eigenvalue weighted by atomic mass is 16.4. The third-order valence-corrected chi connectivity index (χ3v) is 6.45. The standard InChI is InChI=1S/C22H32O4/c1-6-14(3)19-17(9-7-8-15(4)21(24)25)16-11-10-13(2)12-18(16)20(23)22(19,5)26/h6-9,13,16-19,26H,10-12H2,1-5H3,(H,24,25). The van der Waals surface area contributed by atoms with Crippen LogP contribution in [0, 0.1) is 29.6 Å². The zero-order chi connectivity index (χ0) is 19.6. The summed E-state index contributed by atoms with van der Waals surface area (Å²) in [4.78, 5) is 24.1. The fourth-order valence-electron chi connectivity index (χ4n) is 4.90. The van der Waals surface area contributed by atoms with Gasteiger partial charge in [-0.1, -0.05) is 43.2 Å². The molecule has 4 heteroatoms. The molecule has 0 bridgehead atoms. The lowest BCUT2D eigenvalue weighted by Gasteiger charge is -2.51. The molecule has 0 aromatic heterocycles. The number of carbonyl (C=O) groups excluding carboxylic acids is 1. The minimum absolute atomic E-state index is 0.0224. The number of ketones is 1. The van der Waals surface area contributed by atoms with Gasteiger partial charge in [0.2, 0.25) is 0 Å². The number of carbonyl (C=O) groups is 2. The zero-order valence-electron chi connectivity index (χ0n) is 16.5. The number of aliphatic carboxylic acids is 1. The number of fused-ring (bicyclic) bond motifs is 1. The molecule has 0 radical (unpaired) electrons. The highest BCUT2D eigenvalue weighted by Gasteiger charge is 2.56. The molecule has 2 rings (SSSR count). The molecule has 6 atom stereocenters. The Labute approximate surface area is 156 Å². The van der Waals surface area contributed by atoms with Gasteiger partial charge in [-0.25, -0.2) is 4.79 Å². The van der Waals surface area contributed by atoms with Crippen LogP contribution in [-0.2, 0) is 9.59 Å². The largest absolute Gasteiger partial charge is 0.478 e. The monoisotopic (exact) mass is 360 g/mol. The lowest BCUT2D eigenvalue weighted by Crippen LogP contribution is -2.58. The molecule has 2 saturated carbocycles. The fourth-order valence-corrected chi connectivity index (χ4v) is 4.90. The quantitative estimate of drug-likeness (QED) is 0.448. The summed E-state index contributed by atoms with van der Waals surface area (Å²) in [5.74, 6) is -0.636. The number of hydrogen-bond acceptors (Lipinski definition) is 3. The van der Waals surface area contributed by atoms with Crippen molar-refractivity contribution < 1.29 is 19.8 Å². The van der Waals surface area contributed by atoms with Crippen LogP contribution in [0.4, 0.5) is 0 Å². The molecule has 2 N–H and O–H groups in total. The van der Waals surface area contributed by atoms with Gasteiger partial charge in [0, 0.05) is 17.4 Å². The number of carboxylic acids is 1. The summed E-state index contributed by atoms with van der Waals surface area (Å²) in [5.41, 5.74) is -0.114. The van der Waals surface area contributed by atoms with Crippen LogP contribution in [0.3, 0.4) is 0 Å². The van der Waals surface area contributed by atoms with E-state index in [9.17, 15) is 14.7 Å². The molecule has 2 aliphatic carbocycles. The maximum atomic E-state index is 13.1. The summed E-state index contributed by atoms with van der Waals surface area (Å²) >= 11 is 0. The van der Waals surface area contributed by atoms with Gasteiger partial charge in [-0.3, -0.25) is 4.79 Å². The maximum absolute atomic E-state index is 13.1. The van der Waals surface area contributed by atoms with Crippen LogP contribution in [0.1, 0.15) is 53.9 Å². The number of hydrogen-bond donors (Lipinski definition) is 2. The predicted molar refractivity (Wildman–Crippen MR) is 103 cm³/mol. The molecule has 0 amide bonds. The Hall–Kier alpha value is -1.68. The normalized spacial score (nSPS) is 39.2. The molecular weight excluding hydrogens is 328 g/mol. The van der Waals surface area contributed by atoms with E-state index in [0.29, 0.717) is 5.92 Å². The van der Waals surface area contributed by atoms with Gasteiger partial charge in [-0.05, 0) is 58.3 Å². The van der Waals surface area contributed by atoms with Crippen LogP contribution in [-0.4, -0.2) is 27.6 Å². The van der Waals surface area contributed by atoms with Crippen molar-refractivity contribution >= 4 is 11.8 Å². The summed E-state index contributed by atoms with van der Waals surface area (Å²) in [6.45, 7) is 9.29. The lowest BCUT2D eigenvalue weighted by atomic mass is 9.53. The third-order valence-electron chi connectivity index (χ3n) is 6.45. The summed E-state index contributed by atoms with van der Waals surface area (Å²) in [6, 6.07) is 0. The van der Waals surface area contributed by atoms with Gasteiger partial charge in [0.05, 0.1) is 0 Å². The predicted octanol–water partition coefficient (Wildman–Crippen LogP) is 4.16. The van der Waals surface area contributed by atoms with Crippen LogP contribution < -0.4 is 0 Å². The molecule has 2 fully saturated rings. The number of rotatable bonds is 4. The zero-order valence-corrected chi connectivity index (χ0v) is 16.5. The van der Waals surface area contributed by atoms with Crippen molar-refractivity contribution in [3.05, 3.63) is 35.5 Å². The van der Waals surface area contributed by atoms with Gasteiger partial charge >= 0.3 is 5.97 Å². The van der Waals surface area contributed by atoms with E-state index in [1.165, 1.54) is 0 Å². The number of aliphatic hydroxyl groups is 1. The van der Waals surface area contributed by atoms with Crippen molar-refractivity contribution in [1.29, 1.82) is 0 Å². The Bertz CT molecular complexity index is 653. The second kappa shape index (κ2) is 7.91. The minimum atomic E-state index is -1.39. The van der Waals surface area contributed by atoms with Crippen molar-refractivity contribution in [2.24, 2.45) is 29.6 Å². The summed E-state index contributed by atoms with van der Waals surface area (Å²) in [7, 11) is 0. The smallest absolute Gasteiger partial charge is 0.331 e. The Kier molecular flexibility index (Phi) is 6.28. The van der Waals surface area contributed by atoms with Crippen LogP contribution in [0.15, 0.2) is 35.5 Å². The van der Waals surface area contributed by atoms with Crippen molar-refractivity contribution in [2.75, 3.05) is 0 Å². The highest BCUT2D eigenvalue weighted by molar-refractivity contribution is 5.91. The fraction of sp³-hybridized carbons (Fsp3) is 0.636. The lowest BCUT2D eigenvalue weighted by molar-refractivity contribution is -0.160. The van der Waals surface area contributed by atoms with Crippen molar-refractivity contribution in [2.45, 2.75) is 59.5 Å². The number of Topliss-reactive ketones (excluding diaryl/α,β-unsaturated/α-hetero) is 1. The van der Waals surface area contributed by atoms with Crippen LogP contribution in [0.2, 0.25) is 0 Å². The van der Waals surface area contributed by atoms with E-state index in [1.807, 2.05) is 26.0 Å². The summed E-state index contributed by atoms with van der Waals surface area (Å²) < 4.78 is 0. The van der Waals surface area contributed by atoms with E-state index in [-0.39, 0.29) is 35.0 Å². The van der Waals surface area contributed by atoms with E-state index in [4.69, 9.17) is 5.11 Å². The van der Waals surface area contributed by atoms with Crippen molar-refractivity contribution in [3.63, 3.8) is 0 Å². The molecule has 0 aromatic carbocycles. The Morgan fingerprint density at radius 3 is 2.50 bits per heavy atom. The molecule has 2 aliphatic rings. The average Bonchev–Trinajstić information content (AvgIpc) is 2.58.